The summed E-state index contributed by atoms with van der Waals surface area (Å²) in [5.41, 5.74) is -1.44. The number of rotatable bonds is 5. The predicted octanol–water partition coefficient (Wildman–Crippen LogP) is -0.217. The molecule has 11 nitrogen and oxygen atoms in total. The Morgan fingerprint density at radius 1 is 1.28 bits per heavy atom. The molecule has 1 aliphatic heterocycles. The number of urea groups is 1. The zero-order valence-corrected chi connectivity index (χ0v) is 19.1. The molecule has 0 radical (unpaired) electrons. The molecule has 3 N–H and O–H groups in total. The highest BCUT2D eigenvalue weighted by molar-refractivity contribution is 7.91. The highest BCUT2D eigenvalue weighted by Crippen LogP contribution is 2.45. The van der Waals surface area contributed by atoms with Crippen LogP contribution in [0.15, 0.2) is 12.2 Å². The average molecular weight is 471 g/mol. The summed E-state index contributed by atoms with van der Waals surface area (Å²) in [7, 11) is -2.21. The topological polar surface area (TPSA) is 151 Å². The summed E-state index contributed by atoms with van der Waals surface area (Å²) in [4.78, 5) is 51.1. The minimum absolute atomic E-state index is 0.232. The number of nitrogens with zero attached hydrogens (tertiary/aromatic N) is 1. The summed E-state index contributed by atoms with van der Waals surface area (Å²) >= 11 is 0. The van der Waals surface area contributed by atoms with E-state index in [1.54, 1.807) is 7.05 Å². The Labute approximate surface area is 187 Å². The van der Waals surface area contributed by atoms with Crippen LogP contribution in [0.4, 0.5) is 4.79 Å². The van der Waals surface area contributed by atoms with E-state index in [9.17, 15) is 27.6 Å². The molecule has 2 aliphatic carbocycles. The molecule has 0 aromatic rings. The van der Waals surface area contributed by atoms with Gasteiger partial charge in [-0.15, -0.1) is 0 Å². The summed E-state index contributed by atoms with van der Waals surface area (Å²) in [5, 5.41) is 4.56. The van der Waals surface area contributed by atoms with E-state index in [0.29, 0.717) is 19.4 Å². The Hall–Kier alpha value is -2.63. The van der Waals surface area contributed by atoms with Crippen molar-refractivity contribution in [2.45, 2.75) is 62.3 Å². The van der Waals surface area contributed by atoms with Crippen LogP contribution in [-0.2, 0) is 29.1 Å². The van der Waals surface area contributed by atoms with E-state index in [2.05, 4.69) is 15.4 Å². The first-order valence-corrected chi connectivity index (χ1v) is 12.3. The van der Waals surface area contributed by atoms with Crippen molar-refractivity contribution in [3.05, 3.63) is 12.2 Å². The average Bonchev–Trinajstić information content (AvgIpc) is 3.61. The normalized spacial score (nSPS) is 30.1. The van der Waals surface area contributed by atoms with Crippen molar-refractivity contribution >= 4 is 33.8 Å². The summed E-state index contributed by atoms with van der Waals surface area (Å²) in [6, 6.07) is -1.77. The first-order chi connectivity index (χ1) is 15.0. The van der Waals surface area contributed by atoms with Crippen molar-refractivity contribution in [3.8, 4) is 0 Å². The van der Waals surface area contributed by atoms with Crippen LogP contribution in [0.2, 0.25) is 0 Å². The zero-order chi connectivity index (χ0) is 23.5. The van der Waals surface area contributed by atoms with Crippen LogP contribution in [-0.4, -0.2) is 74.2 Å². The van der Waals surface area contributed by atoms with Gasteiger partial charge in [-0.1, -0.05) is 12.2 Å². The Balaban J connectivity index is 1.83. The Morgan fingerprint density at radius 3 is 2.66 bits per heavy atom. The van der Waals surface area contributed by atoms with Crippen LogP contribution in [0.3, 0.4) is 0 Å². The summed E-state index contributed by atoms with van der Waals surface area (Å²) < 4.78 is 31.6. The third kappa shape index (κ3) is 5.78. The molecular weight excluding hydrogens is 440 g/mol. The zero-order valence-electron chi connectivity index (χ0n) is 18.3. The quantitative estimate of drug-likeness (QED) is 0.371. The van der Waals surface area contributed by atoms with Crippen LogP contribution >= 0.6 is 0 Å². The molecule has 2 fully saturated rings. The Morgan fingerprint density at radius 2 is 2.00 bits per heavy atom. The molecular formula is C20H30N4O7S. The molecule has 0 saturated heterocycles. The molecule has 0 unspecified atom stereocenters. The van der Waals surface area contributed by atoms with E-state index >= 15 is 0 Å². The summed E-state index contributed by atoms with van der Waals surface area (Å²) in [6.07, 6.45) is 7.24. The van der Waals surface area contributed by atoms with Crippen LogP contribution in [0.5, 0.6) is 0 Å². The fourth-order valence-electron chi connectivity index (χ4n) is 3.59. The lowest BCUT2D eigenvalue weighted by Crippen LogP contribution is -2.59. The number of hydrogen-bond acceptors (Lipinski definition) is 7. The van der Waals surface area contributed by atoms with Crippen LogP contribution in [0.1, 0.15) is 45.4 Å². The van der Waals surface area contributed by atoms with Gasteiger partial charge in [0.05, 0.1) is 5.25 Å². The van der Waals surface area contributed by atoms with Gasteiger partial charge in [0.15, 0.2) is 0 Å². The smallest absolute Gasteiger partial charge is 0.317 e. The van der Waals surface area contributed by atoms with Crippen molar-refractivity contribution in [2.75, 3.05) is 20.2 Å². The first kappa shape index (κ1) is 24.0. The number of nitrogens with one attached hydrogen (secondary N) is 3. The van der Waals surface area contributed by atoms with E-state index in [0.717, 1.165) is 19.3 Å². The molecule has 0 spiro atoms. The van der Waals surface area contributed by atoms with Gasteiger partial charge >= 0.3 is 12.0 Å². The molecule has 178 valence electrons. The SMILES string of the molecule is CC(=O)OC[C@@H]1NC(=O)N(C)CCCC/C=C\[C@@H]2C[C@@]2(C(=O)NS(=O)(=O)C2CC2)NC1=O. The number of esters is 1. The van der Waals surface area contributed by atoms with Crippen molar-refractivity contribution in [2.24, 2.45) is 5.92 Å². The number of ether oxygens (including phenoxy) is 1. The molecule has 0 aromatic carbocycles. The van der Waals surface area contributed by atoms with Crippen LogP contribution in [0.25, 0.3) is 0 Å². The van der Waals surface area contributed by atoms with Gasteiger partial charge in [0.2, 0.25) is 15.9 Å². The molecule has 32 heavy (non-hydrogen) atoms. The van der Waals surface area contributed by atoms with E-state index < -0.39 is 57.3 Å². The van der Waals surface area contributed by atoms with Gasteiger partial charge in [0, 0.05) is 26.4 Å². The lowest BCUT2D eigenvalue weighted by molar-refractivity contribution is -0.143. The standard InChI is InChI=1S/C20H30N4O7S/c1-13(25)31-12-16-17(26)22-20(18(27)23-32(29,30)15-8-9-15)11-14(20)7-5-3-4-6-10-24(2)19(28)21-16/h5,7,14-16H,3-4,6,8-12H2,1-2H3,(H,21,28)(H,22,26)(H,23,27)/b7-5-/t14-,16+,20-/m1/s1. The maximum absolute atomic E-state index is 13.0. The minimum atomic E-state index is -3.80. The van der Waals surface area contributed by atoms with Gasteiger partial charge in [0.25, 0.3) is 5.91 Å². The van der Waals surface area contributed by atoms with Crippen molar-refractivity contribution in [1.82, 2.24) is 20.3 Å². The number of amides is 4. The highest BCUT2D eigenvalue weighted by atomic mass is 32.2. The summed E-state index contributed by atoms with van der Waals surface area (Å²) in [5.74, 6) is -2.54. The lowest BCUT2D eigenvalue weighted by atomic mass is 10.1. The van der Waals surface area contributed by atoms with E-state index in [1.807, 2.05) is 12.2 Å². The molecule has 0 bridgehead atoms. The number of carbonyl (C=O) groups is 4. The van der Waals surface area contributed by atoms with Crippen LogP contribution < -0.4 is 15.4 Å². The third-order valence-electron chi connectivity index (χ3n) is 5.86. The second kappa shape index (κ2) is 9.47. The number of sulfonamides is 1. The van der Waals surface area contributed by atoms with E-state index in [4.69, 9.17) is 4.74 Å². The lowest BCUT2D eigenvalue weighted by Gasteiger charge is -2.25. The molecule has 4 amide bonds. The van der Waals surface area contributed by atoms with Gasteiger partial charge in [0.1, 0.15) is 18.2 Å². The third-order valence-corrected chi connectivity index (χ3v) is 7.68. The summed E-state index contributed by atoms with van der Waals surface area (Å²) in [6.45, 7) is 1.24. The second-order valence-corrected chi connectivity index (χ2v) is 10.6. The van der Waals surface area contributed by atoms with Gasteiger partial charge in [-0.2, -0.15) is 0 Å². The second-order valence-electron chi connectivity index (χ2n) is 8.60. The number of allylic oxidation sites excluding steroid dienone is 1. The Bertz CT molecular complexity index is 915. The Kier molecular flexibility index (Phi) is 7.11. The monoisotopic (exact) mass is 470 g/mol. The van der Waals surface area contributed by atoms with Gasteiger partial charge in [-0.3, -0.25) is 19.1 Å². The van der Waals surface area contributed by atoms with Gasteiger partial charge in [-0.25, -0.2) is 13.2 Å². The maximum Gasteiger partial charge on any atom is 0.317 e. The largest absolute Gasteiger partial charge is 0.463 e. The predicted molar refractivity (Wildman–Crippen MR) is 114 cm³/mol. The van der Waals surface area contributed by atoms with E-state index in [1.165, 1.54) is 11.8 Å². The highest BCUT2D eigenvalue weighted by Gasteiger charge is 2.61. The van der Waals surface area contributed by atoms with E-state index in [-0.39, 0.29) is 12.3 Å². The fourth-order valence-corrected chi connectivity index (χ4v) is 4.95. The molecule has 3 aliphatic rings. The van der Waals surface area contributed by atoms with Crippen molar-refractivity contribution < 1.29 is 32.3 Å². The fraction of sp³-hybridized carbons (Fsp3) is 0.700. The number of hydrogen-bond donors (Lipinski definition) is 3. The first-order valence-electron chi connectivity index (χ1n) is 10.7. The molecule has 1 heterocycles. The van der Waals surface area contributed by atoms with Crippen LogP contribution in [0, 0.1) is 5.92 Å². The molecule has 2 saturated carbocycles. The van der Waals surface area contributed by atoms with Gasteiger partial charge in [-0.05, 0) is 38.5 Å². The maximum atomic E-state index is 13.0. The molecule has 3 atom stereocenters. The number of fused-ring (bicyclic) bond motifs is 1. The number of carbonyl (C=O) groups excluding carboxylic acids is 4. The molecule has 3 rings (SSSR count). The van der Waals surface area contributed by atoms with Crippen molar-refractivity contribution in [3.63, 3.8) is 0 Å². The van der Waals surface area contributed by atoms with Crippen molar-refractivity contribution in [1.29, 1.82) is 0 Å². The molecule has 0 aromatic heterocycles. The van der Waals surface area contributed by atoms with Gasteiger partial charge < -0.3 is 20.3 Å². The minimum Gasteiger partial charge on any atom is -0.463 e. The molecule has 12 heteroatoms.